The van der Waals surface area contributed by atoms with Gasteiger partial charge in [-0.15, -0.1) is 0 Å². The SMILES string of the molecule is COC(=O)C12CCCN1N2OC. The molecule has 0 bridgehead atoms. The minimum Gasteiger partial charge on any atom is -0.466 e. The van der Waals surface area contributed by atoms with Crippen molar-refractivity contribution in [3.05, 3.63) is 0 Å². The summed E-state index contributed by atoms with van der Waals surface area (Å²) < 4.78 is 4.71. The smallest absolute Gasteiger partial charge is 0.346 e. The fraction of sp³-hybridized carbons (Fsp3) is 0.857. The number of hydrogen-bond donors (Lipinski definition) is 0. The van der Waals surface area contributed by atoms with Crippen LogP contribution in [0.4, 0.5) is 0 Å². The molecular weight excluding hydrogens is 160 g/mol. The lowest BCUT2D eigenvalue weighted by Crippen LogP contribution is -2.30. The van der Waals surface area contributed by atoms with Crippen molar-refractivity contribution < 1.29 is 14.4 Å². The van der Waals surface area contributed by atoms with E-state index in [1.54, 1.807) is 12.3 Å². The summed E-state index contributed by atoms with van der Waals surface area (Å²) in [7, 11) is 2.96. The molecule has 3 atom stereocenters. The largest absolute Gasteiger partial charge is 0.466 e. The van der Waals surface area contributed by atoms with Crippen molar-refractivity contribution in [2.24, 2.45) is 0 Å². The predicted octanol–water partition coefficient (Wildman–Crippen LogP) is -0.257. The van der Waals surface area contributed by atoms with Gasteiger partial charge in [-0.05, 0) is 12.8 Å². The van der Waals surface area contributed by atoms with E-state index in [0.717, 1.165) is 19.4 Å². The van der Waals surface area contributed by atoms with Gasteiger partial charge in [0, 0.05) is 6.54 Å². The predicted molar refractivity (Wildman–Crippen MR) is 39.5 cm³/mol. The highest BCUT2D eigenvalue weighted by molar-refractivity contribution is 5.83. The maximum atomic E-state index is 11.4. The zero-order valence-corrected chi connectivity index (χ0v) is 7.24. The van der Waals surface area contributed by atoms with E-state index in [1.165, 1.54) is 7.11 Å². The van der Waals surface area contributed by atoms with Gasteiger partial charge in [0.15, 0.2) is 0 Å². The van der Waals surface area contributed by atoms with Crippen LogP contribution in [0.1, 0.15) is 12.8 Å². The van der Waals surface area contributed by atoms with Gasteiger partial charge in [0.2, 0.25) is 5.66 Å². The van der Waals surface area contributed by atoms with E-state index in [4.69, 9.17) is 9.57 Å². The fourth-order valence-corrected chi connectivity index (χ4v) is 1.95. The molecule has 5 nitrogen and oxygen atoms in total. The molecule has 0 amide bonds. The van der Waals surface area contributed by atoms with Crippen molar-refractivity contribution in [3.63, 3.8) is 0 Å². The molecule has 2 fully saturated rings. The van der Waals surface area contributed by atoms with Crippen molar-refractivity contribution in [1.29, 1.82) is 0 Å². The molecule has 0 aromatic carbocycles. The second-order valence-corrected chi connectivity index (χ2v) is 2.99. The molecule has 0 aromatic heterocycles. The summed E-state index contributed by atoms with van der Waals surface area (Å²) in [6.07, 6.45) is 1.82. The first-order valence-electron chi connectivity index (χ1n) is 3.97. The van der Waals surface area contributed by atoms with Crippen molar-refractivity contribution in [3.8, 4) is 0 Å². The number of nitrogens with zero attached hydrogens (tertiary/aromatic N) is 2. The van der Waals surface area contributed by atoms with Gasteiger partial charge in [-0.3, -0.25) is 4.84 Å². The Hall–Kier alpha value is -0.650. The van der Waals surface area contributed by atoms with E-state index in [2.05, 4.69) is 0 Å². The highest BCUT2D eigenvalue weighted by Gasteiger charge is 2.71. The van der Waals surface area contributed by atoms with Gasteiger partial charge in [0.05, 0.1) is 14.2 Å². The third-order valence-electron chi connectivity index (χ3n) is 2.50. The number of rotatable bonds is 2. The summed E-state index contributed by atoms with van der Waals surface area (Å²) in [5, 5.41) is 3.47. The van der Waals surface area contributed by atoms with Crippen molar-refractivity contribution in [2.45, 2.75) is 18.5 Å². The number of hydroxylamine groups is 1. The summed E-state index contributed by atoms with van der Waals surface area (Å²) in [6, 6.07) is 0. The molecule has 2 heterocycles. The van der Waals surface area contributed by atoms with Crippen LogP contribution in [0.2, 0.25) is 0 Å². The highest BCUT2D eigenvalue weighted by atomic mass is 16.8. The van der Waals surface area contributed by atoms with Crippen LogP contribution in [0, 0.1) is 0 Å². The standard InChI is InChI=1S/C7H12N2O3/c1-11-6(10)7-4-3-5-8(7)9(7)12-2/h3-5H2,1-2H3. The monoisotopic (exact) mass is 172 g/mol. The molecule has 2 aliphatic heterocycles. The molecule has 0 radical (unpaired) electrons. The maximum Gasteiger partial charge on any atom is 0.346 e. The molecule has 0 aliphatic carbocycles. The van der Waals surface area contributed by atoms with Gasteiger partial charge < -0.3 is 4.74 Å². The first kappa shape index (κ1) is 7.97. The van der Waals surface area contributed by atoms with Gasteiger partial charge >= 0.3 is 5.97 Å². The maximum absolute atomic E-state index is 11.4. The van der Waals surface area contributed by atoms with Crippen LogP contribution in [-0.2, 0) is 14.4 Å². The molecule has 5 heteroatoms. The number of fused-ring (bicyclic) bond motifs is 1. The van der Waals surface area contributed by atoms with E-state index >= 15 is 0 Å². The minimum atomic E-state index is -0.580. The van der Waals surface area contributed by atoms with Crippen molar-refractivity contribution >= 4 is 5.97 Å². The van der Waals surface area contributed by atoms with Crippen LogP contribution in [0.5, 0.6) is 0 Å². The van der Waals surface area contributed by atoms with E-state index in [-0.39, 0.29) is 5.97 Å². The highest BCUT2D eigenvalue weighted by Crippen LogP contribution is 2.48. The molecular formula is C7H12N2O3. The number of ether oxygens (including phenoxy) is 1. The zero-order chi connectivity index (χ0) is 8.77. The molecule has 12 heavy (non-hydrogen) atoms. The van der Waals surface area contributed by atoms with Crippen molar-refractivity contribution in [1.82, 2.24) is 10.2 Å². The number of methoxy groups -OCH3 is 1. The Morgan fingerprint density at radius 2 is 2.25 bits per heavy atom. The number of carbonyl (C=O) groups is 1. The summed E-state index contributed by atoms with van der Waals surface area (Å²) >= 11 is 0. The van der Waals surface area contributed by atoms with E-state index in [9.17, 15) is 4.79 Å². The fourth-order valence-electron chi connectivity index (χ4n) is 1.95. The summed E-state index contributed by atoms with van der Waals surface area (Å²) in [6.45, 7) is 0.878. The second kappa shape index (κ2) is 2.42. The molecule has 2 rings (SSSR count). The first-order chi connectivity index (χ1) is 5.77. The molecule has 0 spiro atoms. The van der Waals surface area contributed by atoms with E-state index < -0.39 is 5.66 Å². The van der Waals surface area contributed by atoms with Crippen LogP contribution < -0.4 is 0 Å². The van der Waals surface area contributed by atoms with Gasteiger partial charge in [-0.1, -0.05) is 5.17 Å². The molecule has 2 saturated heterocycles. The van der Waals surface area contributed by atoms with Crippen LogP contribution in [0.3, 0.4) is 0 Å². The molecule has 0 saturated carbocycles. The lowest BCUT2D eigenvalue weighted by atomic mass is 10.2. The van der Waals surface area contributed by atoms with E-state index in [1.807, 2.05) is 5.01 Å². The average Bonchev–Trinajstić information content (AvgIpc) is 2.51. The first-order valence-corrected chi connectivity index (χ1v) is 3.97. The third kappa shape index (κ3) is 0.708. The van der Waals surface area contributed by atoms with E-state index in [0.29, 0.717) is 0 Å². The molecule has 0 N–H and O–H groups in total. The molecule has 68 valence electrons. The molecule has 2 aliphatic rings. The Balaban J connectivity index is 2.15. The quantitative estimate of drug-likeness (QED) is 0.424. The van der Waals surface area contributed by atoms with Gasteiger partial charge in [-0.2, -0.15) is 5.01 Å². The summed E-state index contributed by atoms with van der Waals surface area (Å²) in [5.41, 5.74) is -0.580. The Morgan fingerprint density at radius 1 is 1.50 bits per heavy atom. The van der Waals surface area contributed by atoms with Crippen LogP contribution in [0.15, 0.2) is 0 Å². The number of carbonyl (C=O) groups excluding carboxylic acids is 1. The van der Waals surface area contributed by atoms with Crippen LogP contribution in [0.25, 0.3) is 0 Å². The second-order valence-electron chi connectivity index (χ2n) is 2.99. The number of hydrazine groups is 1. The number of hydrogen-bond acceptors (Lipinski definition) is 5. The zero-order valence-electron chi connectivity index (χ0n) is 7.24. The topological polar surface area (TPSA) is 41.5 Å². The Morgan fingerprint density at radius 3 is 2.75 bits per heavy atom. The average molecular weight is 172 g/mol. The van der Waals surface area contributed by atoms with Crippen LogP contribution >= 0.6 is 0 Å². The minimum absolute atomic E-state index is 0.221. The summed E-state index contributed by atoms with van der Waals surface area (Å²) in [5.74, 6) is -0.221. The van der Waals surface area contributed by atoms with Gasteiger partial charge in [-0.25, -0.2) is 4.79 Å². The molecule has 0 aromatic rings. The normalized spacial score (nSPS) is 43.8. The van der Waals surface area contributed by atoms with Gasteiger partial charge in [0.1, 0.15) is 0 Å². The van der Waals surface area contributed by atoms with Gasteiger partial charge in [0.25, 0.3) is 0 Å². The third-order valence-corrected chi connectivity index (χ3v) is 2.50. The Kier molecular flexibility index (Phi) is 1.61. The van der Waals surface area contributed by atoms with Crippen molar-refractivity contribution in [2.75, 3.05) is 20.8 Å². The summed E-state index contributed by atoms with van der Waals surface area (Å²) in [4.78, 5) is 16.4. The molecule has 3 unspecified atom stereocenters. The lowest BCUT2D eigenvalue weighted by Gasteiger charge is -2.07. The number of esters is 1. The Labute approximate surface area is 70.7 Å². The Bertz CT molecular complexity index is 215. The van der Waals surface area contributed by atoms with Crippen LogP contribution in [-0.4, -0.2) is 42.6 Å². The lowest BCUT2D eigenvalue weighted by molar-refractivity contribution is -0.155.